The van der Waals surface area contributed by atoms with Crippen LogP contribution in [0.4, 0.5) is 29.6 Å². The summed E-state index contributed by atoms with van der Waals surface area (Å²) in [4.78, 5) is 56.1. The van der Waals surface area contributed by atoms with E-state index in [0.29, 0.717) is 36.5 Å². The number of halogens is 4. The standard InChI is InChI=1S/C28H32ClF3N8O4S/c1-15(25-34-13-20(45-25)24(42)39-21-9-17(28(30,31)32)18(29)12-33-21)38-23(41)19-10-22(37-14-36-19)40-7-5-16(6-8-40)11-35-26(43)44-27(2,3)4/h9-10,12-16H,5-8,11H2,1-4H3,(H,35,43)(H,38,41)(H,33,39,42). The highest BCUT2D eigenvalue weighted by Gasteiger charge is 2.34. The summed E-state index contributed by atoms with van der Waals surface area (Å²) in [6.45, 7) is 8.97. The zero-order chi connectivity index (χ0) is 32.9. The molecule has 1 aliphatic heterocycles. The van der Waals surface area contributed by atoms with Crippen LogP contribution in [-0.4, -0.2) is 63.1 Å². The minimum Gasteiger partial charge on any atom is -0.444 e. The zero-order valence-electron chi connectivity index (χ0n) is 24.9. The Kier molecular flexibility index (Phi) is 10.5. The van der Waals surface area contributed by atoms with Crippen LogP contribution in [0.3, 0.4) is 0 Å². The molecule has 3 N–H and O–H groups in total. The van der Waals surface area contributed by atoms with Gasteiger partial charge in [0.05, 0.1) is 22.8 Å². The molecule has 1 fully saturated rings. The summed E-state index contributed by atoms with van der Waals surface area (Å²) in [7, 11) is 0. The fourth-order valence-corrected chi connectivity index (χ4v) is 5.41. The maximum absolute atomic E-state index is 13.1. The van der Waals surface area contributed by atoms with Crippen molar-refractivity contribution in [3.8, 4) is 0 Å². The van der Waals surface area contributed by atoms with E-state index in [2.05, 4.69) is 35.9 Å². The summed E-state index contributed by atoms with van der Waals surface area (Å²) < 4.78 is 44.7. The van der Waals surface area contributed by atoms with Gasteiger partial charge in [0.1, 0.15) is 39.1 Å². The molecule has 1 aliphatic rings. The molecule has 12 nitrogen and oxygen atoms in total. The van der Waals surface area contributed by atoms with E-state index in [-0.39, 0.29) is 22.3 Å². The third kappa shape index (κ3) is 9.47. The van der Waals surface area contributed by atoms with Crippen LogP contribution in [0.25, 0.3) is 0 Å². The van der Waals surface area contributed by atoms with Crippen molar-refractivity contribution in [2.75, 3.05) is 29.9 Å². The highest BCUT2D eigenvalue weighted by atomic mass is 35.5. The number of nitrogens with one attached hydrogen (secondary N) is 3. The van der Waals surface area contributed by atoms with Gasteiger partial charge in [0.15, 0.2) is 0 Å². The van der Waals surface area contributed by atoms with E-state index in [1.807, 2.05) is 25.7 Å². The molecule has 0 saturated carbocycles. The summed E-state index contributed by atoms with van der Waals surface area (Å²) in [6.07, 6.45) is -0.149. The van der Waals surface area contributed by atoms with Crippen molar-refractivity contribution in [3.05, 3.63) is 57.0 Å². The summed E-state index contributed by atoms with van der Waals surface area (Å²) >= 11 is 6.55. The Hall–Kier alpha value is -4.05. The van der Waals surface area contributed by atoms with Crippen LogP contribution in [0.1, 0.15) is 77.3 Å². The molecule has 4 rings (SSSR count). The van der Waals surface area contributed by atoms with Gasteiger partial charge >= 0.3 is 12.3 Å². The first-order chi connectivity index (χ1) is 21.1. The van der Waals surface area contributed by atoms with Gasteiger partial charge in [-0.1, -0.05) is 11.6 Å². The number of piperidine rings is 1. The first-order valence-corrected chi connectivity index (χ1v) is 15.1. The number of rotatable bonds is 8. The van der Waals surface area contributed by atoms with E-state index in [4.69, 9.17) is 16.3 Å². The topological polar surface area (TPSA) is 151 Å². The number of carbonyl (C=O) groups excluding carboxylic acids is 3. The lowest BCUT2D eigenvalue weighted by Crippen LogP contribution is -2.40. The number of alkyl halides is 3. The van der Waals surface area contributed by atoms with Gasteiger partial charge in [-0.05, 0) is 52.5 Å². The van der Waals surface area contributed by atoms with Crippen molar-refractivity contribution < 1.29 is 32.3 Å². The van der Waals surface area contributed by atoms with Crippen molar-refractivity contribution in [2.24, 2.45) is 5.92 Å². The molecule has 242 valence electrons. The Morgan fingerprint density at radius 2 is 1.78 bits per heavy atom. The Morgan fingerprint density at radius 3 is 2.44 bits per heavy atom. The van der Waals surface area contributed by atoms with Gasteiger partial charge in [-0.3, -0.25) is 9.59 Å². The summed E-state index contributed by atoms with van der Waals surface area (Å²) in [6, 6.07) is 1.63. The van der Waals surface area contributed by atoms with Crippen LogP contribution in [0, 0.1) is 5.92 Å². The number of ether oxygens (including phenoxy) is 1. The minimum atomic E-state index is -4.71. The number of hydrogen-bond donors (Lipinski definition) is 3. The molecule has 3 aromatic heterocycles. The van der Waals surface area contributed by atoms with Crippen molar-refractivity contribution in [1.82, 2.24) is 30.6 Å². The molecule has 3 amide bonds. The van der Waals surface area contributed by atoms with Gasteiger partial charge in [-0.25, -0.2) is 24.7 Å². The number of aromatic nitrogens is 4. The number of carbonyl (C=O) groups is 3. The molecular weight excluding hydrogens is 637 g/mol. The average Bonchev–Trinajstić information content (AvgIpc) is 3.47. The van der Waals surface area contributed by atoms with Gasteiger partial charge in [0.2, 0.25) is 0 Å². The number of amides is 3. The van der Waals surface area contributed by atoms with E-state index in [1.54, 1.807) is 13.0 Å². The Bertz CT molecular complexity index is 1540. The molecule has 4 heterocycles. The van der Waals surface area contributed by atoms with E-state index in [1.165, 1.54) is 12.5 Å². The lowest BCUT2D eigenvalue weighted by Gasteiger charge is -2.33. The van der Waals surface area contributed by atoms with Gasteiger partial charge in [0.25, 0.3) is 11.8 Å². The second-order valence-electron chi connectivity index (χ2n) is 11.3. The van der Waals surface area contributed by atoms with Gasteiger partial charge in [-0.2, -0.15) is 13.2 Å². The number of anilines is 2. The fraction of sp³-hybridized carbons (Fsp3) is 0.464. The van der Waals surface area contributed by atoms with Crippen molar-refractivity contribution in [1.29, 1.82) is 0 Å². The van der Waals surface area contributed by atoms with Crippen LogP contribution >= 0.6 is 22.9 Å². The van der Waals surface area contributed by atoms with Crippen LogP contribution < -0.4 is 20.9 Å². The minimum absolute atomic E-state index is 0.102. The van der Waals surface area contributed by atoms with Crippen LogP contribution in [0.5, 0.6) is 0 Å². The lowest BCUT2D eigenvalue weighted by atomic mass is 9.97. The first kappa shape index (κ1) is 33.8. The third-order valence-corrected chi connectivity index (χ3v) is 8.11. The van der Waals surface area contributed by atoms with Crippen LogP contribution in [0.2, 0.25) is 5.02 Å². The molecule has 1 unspecified atom stereocenters. The summed E-state index contributed by atoms with van der Waals surface area (Å²) in [5.41, 5.74) is -1.54. The van der Waals surface area contributed by atoms with Gasteiger partial charge < -0.3 is 25.6 Å². The molecule has 1 saturated heterocycles. The average molecular weight is 669 g/mol. The summed E-state index contributed by atoms with van der Waals surface area (Å²) in [5.74, 6) is -0.642. The second kappa shape index (κ2) is 13.9. The number of pyridine rings is 1. The SMILES string of the molecule is CC(NC(=O)c1cc(N2CCC(CNC(=O)OC(C)(C)C)CC2)ncn1)c1ncc(C(=O)Nc2cc(C(F)(F)F)c(Cl)cn2)s1. The lowest BCUT2D eigenvalue weighted by molar-refractivity contribution is -0.137. The Labute approximate surface area is 266 Å². The zero-order valence-corrected chi connectivity index (χ0v) is 26.4. The molecule has 17 heteroatoms. The summed E-state index contributed by atoms with van der Waals surface area (Å²) in [5, 5.41) is 7.72. The van der Waals surface area contributed by atoms with Crippen LogP contribution in [-0.2, 0) is 10.9 Å². The van der Waals surface area contributed by atoms with E-state index < -0.39 is 46.3 Å². The molecule has 0 spiro atoms. The third-order valence-electron chi connectivity index (χ3n) is 6.63. The van der Waals surface area contributed by atoms with Crippen molar-refractivity contribution in [3.63, 3.8) is 0 Å². The normalized spacial score (nSPS) is 14.9. The highest BCUT2D eigenvalue weighted by Crippen LogP contribution is 2.35. The van der Waals surface area contributed by atoms with Gasteiger partial charge in [-0.15, -0.1) is 11.3 Å². The monoisotopic (exact) mass is 668 g/mol. The number of nitrogens with zero attached hydrogens (tertiary/aromatic N) is 5. The molecule has 3 aromatic rings. The predicted molar refractivity (Wildman–Crippen MR) is 161 cm³/mol. The number of hydrogen-bond acceptors (Lipinski definition) is 10. The molecule has 45 heavy (non-hydrogen) atoms. The molecule has 1 atom stereocenters. The number of alkyl carbamates (subject to hydrolysis) is 1. The van der Waals surface area contributed by atoms with Crippen molar-refractivity contribution in [2.45, 2.75) is 58.4 Å². The van der Waals surface area contributed by atoms with Crippen molar-refractivity contribution >= 4 is 52.5 Å². The molecule has 0 aliphatic carbocycles. The van der Waals surface area contributed by atoms with E-state index in [9.17, 15) is 27.6 Å². The Balaban J connectivity index is 1.30. The second-order valence-corrected chi connectivity index (χ2v) is 12.8. The molecule has 0 aromatic carbocycles. The number of thiazole rings is 1. The molecule has 0 bridgehead atoms. The predicted octanol–water partition coefficient (Wildman–Crippen LogP) is 5.48. The maximum atomic E-state index is 13.1. The quantitative estimate of drug-likeness (QED) is 0.283. The molecular formula is C28H32ClF3N8O4S. The van der Waals surface area contributed by atoms with E-state index >= 15 is 0 Å². The fourth-order valence-electron chi connectivity index (χ4n) is 4.38. The van der Waals surface area contributed by atoms with Crippen LogP contribution in [0.15, 0.2) is 30.9 Å². The van der Waals surface area contributed by atoms with Gasteiger partial charge in [0, 0.05) is 31.9 Å². The highest BCUT2D eigenvalue weighted by molar-refractivity contribution is 7.13. The molecule has 0 radical (unpaired) electrons. The maximum Gasteiger partial charge on any atom is 0.418 e. The smallest absolute Gasteiger partial charge is 0.418 e. The first-order valence-electron chi connectivity index (χ1n) is 13.9. The Morgan fingerprint density at radius 1 is 1.07 bits per heavy atom. The largest absolute Gasteiger partial charge is 0.444 e. The van der Waals surface area contributed by atoms with E-state index in [0.717, 1.165) is 30.4 Å².